The highest BCUT2D eigenvalue weighted by molar-refractivity contribution is 9.10. The monoisotopic (exact) mass is 405 g/mol. The number of anilines is 1. The van der Waals surface area contributed by atoms with Crippen molar-refractivity contribution in [3.8, 4) is 6.07 Å². The fraction of sp³-hybridized carbons (Fsp3) is 0. The van der Waals surface area contributed by atoms with E-state index in [-0.39, 0.29) is 21.3 Å². The van der Waals surface area contributed by atoms with Crippen LogP contribution in [0, 0.1) is 11.3 Å². The zero-order valence-corrected chi connectivity index (χ0v) is 14.1. The van der Waals surface area contributed by atoms with Gasteiger partial charge < -0.3 is 0 Å². The molecule has 0 amide bonds. The lowest BCUT2D eigenvalue weighted by Gasteiger charge is -2.11. The van der Waals surface area contributed by atoms with Gasteiger partial charge >= 0.3 is 0 Å². The van der Waals surface area contributed by atoms with Gasteiger partial charge in [0.05, 0.1) is 11.3 Å². The predicted octanol–water partition coefficient (Wildman–Crippen LogP) is 3.82. The van der Waals surface area contributed by atoms with Crippen LogP contribution < -0.4 is 4.72 Å². The van der Waals surface area contributed by atoms with Crippen LogP contribution in [-0.2, 0) is 10.0 Å². The van der Waals surface area contributed by atoms with Crippen LogP contribution in [0.4, 0.5) is 5.69 Å². The number of aromatic nitrogens is 1. The van der Waals surface area contributed by atoms with E-state index < -0.39 is 10.0 Å². The maximum Gasteiger partial charge on any atom is 0.265 e. The highest BCUT2D eigenvalue weighted by Gasteiger charge is 2.21. The summed E-state index contributed by atoms with van der Waals surface area (Å²) in [4.78, 5) is 3.55. The Morgan fingerprint density at radius 2 is 2.00 bits per heavy atom. The highest BCUT2D eigenvalue weighted by atomic mass is 79.9. The normalized spacial score (nSPS) is 11.0. The Hall–Kier alpha value is -1.33. The number of hydrogen-bond acceptors (Lipinski definition) is 4. The first kappa shape index (κ1) is 16.0. The molecule has 0 bridgehead atoms. The molecule has 0 saturated carbocycles. The molecule has 0 radical (unpaired) electrons. The van der Waals surface area contributed by atoms with E-state index in [9.17, 15) is 8.42 Å². The molecule has 0 saturated heterocycles. The van der Waals surface area contributed by atoms with Gasteiger partial charge in [0.15, 0.2) is 0 Å². The fourth-order valence-electron chi connectivity index (χ4n) is 1.49. The third kappa shape index (κ3) is 3.66. The average molecular weight is 407 g/mol. The number of halogens is 3. The summed E-state index contributed by atoms with van der Waals surface area (Å²) in [5, 5.41) is 9.12. The number of nitrogens with one attached hydrogen (secondary N) is 1. The zero-order chi connectivity index (χ0) is 15.6. The van der Waals surface area contributed by atoms with Crippen molar-refractivity contribution < 1.29 is 8.42 Å². The van der Waals surface area contributed by atoms with Gasteiger partial charge in [0, 0.05) is 15.7 Å². The quantitative estimate of drug-likeness (QED) is 0.785. The van der Waals surface area contributed by atoms with Crippen molar-refractivity contribution in [1.29, 1.82) is 5.26 Å². The molecule has 2 aromatic rings. The lowest BCUT2D eigenvalue weighted by molar-refractivity contribution is 0.601. The first-order valence-electron chi connectivity index (χ1n) is 5.37. The van der Waals surface area contributed by atoms with E-state index >= 15 is 0 Å². The minimum Gasteiger partial charge on any atom is -0.278 e. The fourth-order valence-corrected chi connectivity index (χ4v) is 3.68. The predicted molar refractivity (Wildman–Crippen MR) is 83.9 cm³/mol. The number of hydrogen-bond donors (Lipinski definition) is 1. The Kier molecular flexibility index (Phi) is 4.74. The summed E-state index contributed by atoms with van der Waals surface area (Å²) in [5.41, 5.74) is 0.211. The first-order valence-corrected chi connectivity index (χ1v) is 8.40. The molecule has 1 N–H and O–H groups in total. The van der Waals surface area contributed by atoms with Crippen molar-refractivity contribution in [2.24, 2.45) is 0 Å². The Morgan fingerprint density at radius 3 is 2.67 bits per heavy atom. The van der Waals surface area contributed by atoms with Crippen LogP contribution >= 0.6 is 39.1 Å². The third-order valence-corrected chi connectivity index (χ3v) is 4.87. The number of rotatable bonds is 3. The number of nitriles is 1. The van der Waals surface area contributed by atoms with Gasteiger partial charge in [-0.05, 0) is 40.2 Å². The topological polar surface area (TPSA) is 82.9 Å². The van der Waals surface area contributed by atoms with Crippen LogP contribution in [0.3, 0.4) is 0 Å². The van der Waals surface area contributed by atoms with Crippen molar-refractivity contribution >= 4 is 54.8 Å². The van der Waals surface area contributed by atoms with Crippen LogP contribution in [0.25, 0.3) is 0 Å². The van der Waals surface area contributed by atoms with E-state index in [2.05, 4.69) is 25.6 Å². The van der Waals surface area contributed by atoms with E-state index in [0.29, 0.717) is 9.50 Å². The van der Waals surface area contributed by atoms with E-state index in [1.54, 1.807) is 0 Å². The summed E-state index contributed by atoms with van der Waals surface area (Å²) in [5.74, 6) is 0. The van der Waals surface area contributed by atoms with Gasteiger partial charge in [-0.1, -0.05) is 23.2 Å². The first-order chi connectivity index (χ1) is 9.83. The van der Waals surface area contributed by atoms with Crippen molar-refractivity contribution in [3.05, 3.63) is 50.7 Å². The molecule has 5 nitrogen and oxygen atoms in total. The Labute approximate surface area is 139 Å². The summed E-state index contributed by atoms with van der Waals surface area (Å²) in [6.45, 7) is 0. The second-order valence-corrected chi connectivity index (χ2v) is 7.21. The molecule has 1 aromatic carbocycles. The van der Waals surface area contributed by atoms with Crippen LogP contribution in [0.15, 0.2) is 39.8 Å². The lowest BCUT2D eigenvalue weighted by atomic mass is 10.2. The number of pyridine rings is 1. The Balaban J connectivity index is 2.50. The molecule has 0 spiro atoms. The molecule has 0 unspecified atom stereocenters. The van der Waals surface area contributed by atoms with Crippen LogP contribution in [0.2, 0.25) is 10.2 Å². The second-order valence-electron chi connectivity index (χ2n) is 3.85. The van der Waals surface area contributed by atoms with Crippen LogP contribution in [-0.4, -0.2) is 13.4 Å². The smallest absolute Gasteiger partial charge is 0.265 e. The van der Waals surface area contributed by atoms with Gasteiger partial charge in [0.2, 0.25) is 0 Å². The molecule has 2 rings (SSSR count). The molecule has 108 valence electrons. The van der Waals surface area contributed by atoms with E-state index in [0.717, 1.165) is 0 Å². The molecule has 0 fully saturated rings. The van der Waals surface area contributed by atoms with Crippen molar-refractivity contribution in [3.63, 3.8) is 0 Å². The SMILES string of the molecule is N#Cc1ccc(Cl)cc1NS(=O)(=O)c1cc(Br)cnc1Cl. The maximum atomic E-state index is 12.3. The van der Waals surface area contributed by atoms with E-state index in [4.69, 9.17) is 28.5 Å². The van der Waals surface area contributed by atoms with Gasteiger partial charge in [0.25, 0.3) is 10.0 Å². The second kappa shape index (κ2) is 6.20. The van der Waals surface area contributed by atoms with Crippen LogP contribution in [0.5, 0.6) is 0 Å². The summed E-state index contributed by atoms with van der Waals surface area (Å²) in [6, 6.07) is 7.45. The van der Waals surface area contributed by atoms with Gasteiger partial charge in [-0.25, -0.2) is 13.4 Å². The zero-order valence-electron chi connectivity index (χ0n) is 10.1. The Morgan fingerprint density at radius 1 is 1.29 bits per heavy atom. The minimum atomic E-state index is -4.00. The van der Waals surface area contributed by atoms with Gasteiger partial charge in [0.1, 0.15) is 16.1 Å². The molecular formula is C12H6BrCl2N3O2S. The molecule has 0 aliphatic carbocycles. The largest absolute Gasteiger partial charge is 0.278 e. The van der Waals surface area contributed by atoms with E-state index in [1.165, 1.54) is 30.5 Å². The molecule has 21 heavy (non-hydrogen) atoms. The molecular weight excluding hydrogens is 401 g/mol. The highest BCUT2D eigenvalue weighted by Crippen LogP contribution is 2.27. The molecule has 0 aliphatic heterocycles. The molecule has 9 heteroatoms. The molecule has 0 aliphatic rings. The number of benzene rings is 1. The van der Waals surface area contributed by atoms with Crippen LogP contribution in [0.1, 0.15) is 5.56 Å². The van der Waals surface area contributed by atoms with Gasteiger partial charge in [-0.15, -0.1) is 0 Å². The van der Waals surface area contributed by atoms with Gasteiger partial charge in [-0.2, -0.15) is 5.26 Å². The third-order valence-electron chi connectivity index (χ3n) is 2.41. The molecule has 0 atom stereocenters. The summed E-state index contributed by atoms with van der Waals surface area (Å²) < 4.78 is 27.4. The minimum absolute atomic E-state index is 0.0704. The molecule has 1 heterocycles. The molecule has 1 aromatic heterocycles. The van der Waals surface area contributed by atoms with Crippen molar-refractivity contribution in [2.45, 2.75) is 4.90 Å². The summed E-state index contributed by atoms with van der Waals surface area (Å²) >= 11 is 14.8. The summed E-state index contributed by atoms with van der Waals surface area (Å²) in [6.07, 6.45) is 1.38. The average Bonchev–Trinajstić information content (AvgIpc) is 2.41. The van der Waals surface area contributed by atoms with Crippen molar-refractivity contribution in [2.75, 3.05) is 4.72 Å². The van der Waals surface area contributed by atoms with Gasteiger partial charge in [-0.3, -0.25) is 4.72 Å². The van der Waals surface area contributed by atoms with Crippen molar-refractivity contribution in [1.82, 2.24) is 4.98 Å². The number of sulfonamides is 1. The summed E-state index contributed by atoms with van der Waals surface area (Å²) in [7, 11) is -4.00. The standard InChI is InChI=1S/C12H6BrCl2N3O2S/c13-8-3-11(12(15)17-6-8)21(19,20)18-10-4-9(14)2-1-7(10)5-16/h1-4,6,18H. The maximum absolute atomic E-state index is 12.3. The Bertz CT molecular complexity index is 850. The lowest BCUT2D eigenvalue weighted by Crippen LogP contribution is -2.15. The number of nitrogens with zero attached hydrogens (tertiary/aromatic N) is 2. The van der Waals surface area contributed by atoms with E-state index in [1.807, 2.05) is 6.07 Å².